The lowest BCUT2D eigenvalue weighted by molar-refractivity contribution is -0.147. The molecule has 0 unspecified atom stereocenters. The van der Waals surface area contributed by atoms with Crippen LogP contribution in [0.5, 0.6) is 5.75 Å². The van der Waals surface area contributed by atoms with Gasteiger partial charge in [0.1, 0.15) is 12.4 Å². The maximum absolute atomic E-state index is 11.2. The van der Waals surface area contributed by atoms with Crippen LogP contribution >= 0.6 is 0 Å². The number of carboxylic acids is 1. The Morgan fingerprint density at radius 3 is 2.67 bits per heavy atom. The Labute approximate surface area is 157 Å². The molecule has 0 aliphatic rings. The zero-order valence-electron chi connectivity index (χ0n) is 15.3. The predicted molar refractivity (Wildman–Crippen MR) is 100 cm³/mol. The lowest BCUT2D eigenvalue weighted by Crippen LogP contribution is -2.24. The molecule has 3 aromatic rings. The number of aromatic amines is 1. The molecule has 0 bridgehead atoms. The number of carbonyl (C=O) groups is 1. The quantitative estimate of drug-likeness (QED) is 0.633. The standard InChI is InChI=1S/C20H22N4O3/c1-20(2,19(25)26)10-8-14-4-3-5-15(23-14)13-27-16-6-7-17(21-12-16)18-9-11-22-24-18/h3-7,9,11-12H,8,10,13H2,1-2H3,(H,22,24)(H,25,26). The highest BCUT2D eigenvalue weighted by molar-refractivity contribution is 5.73. The average Bonchev–Trinajstić information content (AvgIpc) is 3.20. The fourth-order valence-corrected chi connectivity index (χ4v) is 2.48. The highest BCUT2D eigenvalue weighted by atomic mass is 16.5. The summed E-state index contributed by atoms with van der Waals surface area (Å²) in [4.78, 5) is 20.1. The normalized spacial score (nSPS) is 11.3. The summed E-state index contributed by atoms with van der Waals surface area (Å²) in [5.41, 5.74) is 2.52. The summed E-state index contributed by atoms with van der Waals surface area (Å²) in [5.74, 6) is -0.148. The second-order valence-electron chi connectivity index (χ2n) is 6.95. The Bertz CT molecular complexity index is 890. The number of pyridine rings is 2. The molecule has 7 nitrogen and oxygen atoms in total. The fraction of sp³-hybridized carbons (Fsp3) is 0.300. The molecule has 3 aromatic heterocycles. The van der Waals surface area contributed by atoms with Gasteiger partial charge in [-0.3, -0.25) is 19.9 Å². The monoisotopic (exact) mass is 366 g/mol. The molecule has 0 saturated carbocycles. The van der Waals surface area contributed by atoms with Crippen molar-refractivity contribution in [3.63, 3.8) is 0 Å². The van der Waals surface area contributed by atoms with Crippen molar-refractivity contribution in [3.8, 4) is 17.1 Å². The third-order valence-electron chi connectivity index (χ3n) is 4.35. The summed E-state index contributed by atoms with van der Waals surface area (Å²) in [6, 6.07) is 11.3. The van der Waals surface area contributed by atoms with Gasteiger partial charge in [0.2, 0.25) is 0 Å². The van der Waals surface area contributed by atoms with Crippen molar-refractivity contribution in [2.24, 2.45) is 5.41 Å². The van der Waals surface area contributed by atoms with Crippen molar-refractivity contribution in [2.75, 3.05) is 0 Å². The molecule has 3 rings (SSSR count). The fourth-order valence-electron chi connectivity index (χ4n) is 2.48. The highest BCUT2D eigenvalue weighted by Crippen LogP contribution is 2.23. The summed E-state index contributed by atoms with van der Waals surface area (Å²) in [6.07, 6.45) is 4.47. The molecule has 0 atom stereocenters. The van der Waals surface area contributed by atoms with Gasteiger partial charge in [-0.1, -0.05) is 6.07 Å². The minimum absolute atomic E-state index is 0.321. The van der Waals surface area contributed by atoms with Crippen LogP contribution in [0.15, 0.2) is 48.8 Å². The van der Waals surface area contributed by atoms with Crippen LogP contribution < -0.4 is 4.74 Å². The van der Waals surface area contributed by atoms with Crippen LogP contribution in [0.2, 0.25) is 0 Å². The Hall–Kier alpha value is -3.22. The van der Waals surface area contributed by atoms with E-state index < -0.39 is 11.4 Å². The van der Waals surface area contributed by atoms with Gasteiger partial charge in [0.15, 0.2) is 0 Å². The third kappa shape index (κ3) is 4.91. The Kier molecular flexibility index (Phi) is 5.49. The Morgan fingerprint density at radius 2 is 2.00 bits per heavy atom. The number of hydrogen-bond acceptors (Lipinski definition) is 5. The van der Waals surface area contributed by atoms with Crippen LogP contribution in [0.25, 0.3) is 11.4 Å². The van der Waals surface area contributed by atoms with E-state index in [1.54, 1.807) is 26.2 Å². The van der Waals surface area contributed by atoms with Gasteiger partial charge in [-0.25, -0.2) is 0 Å². The molecular formula is C20H22N4O3. The van der Waals surface area contributed by atoms with Gasteiger partial charge < -0.3 is 9.84 Å². The van der Waals surface area contributed by atoms with Crippen LogP contribution in [0, 0.1) is 5.41 Å². The highest BCUT2D eigenvalue weighted by Gasteiger charge is 2.26. The Balaban J connectivity index is 1.57. The van der Waals surface area contributed by atoms with Gasteiger partial charge in [0.05, 0.1) is 28.7 Å². The number of rotatable bonds is 8. The van der Waals surface area contributed by atoms with E-state index in [4.69, 9.17) is 4.74 Å². The average molecular weight is 366 g/mol. The van der Waals surface area contributed by atoms with Gasteiger partial charge >= 0.3 is 5.97 Å². The number of carboxylic acid groups (broad SMARTS) is 1. The summed E-state index contributed by atoms with van der Waals surface area (Å²) < 4.78 is 5.76. The number of hydrogen-bond donors (Lipinski definition) is 2. The Morgan fingerprint density at radius 1 is 1.19 bits per heavy atom. The van der Waals surface area contributed by atoms with Gasteiger partial charge in [0, 0.05) is 11.9 Å². The van der Waals surface area contributed by atoms with Crippen molar-refractivity contribution in [1.82, 2.24) is 20.2 Å². The third-order valence-corrected chi connectivity index (χ3v) is 4.35. The van der Waals surface area contributed by atoms with Crippen molar-refractivity contribution >= 4 is 5.97 Å². The zero-order valence-corrected chi connectivity index (χ0v) is 15.3. The van der Waals surface area contributed by atoms with E-state index in [-0.39, 0.29) is 0 Å². The van der Waals surface area contributed by atoms with E-state index >= 15 is 0 Å². The van der Waals surface area contributed by atoms with Crippen LogP contribution in [0.3, 0.4) is 0 Å². The molecule has 27 heavy (non-hydrogen) atoms. The number of aliphatic carboxylic acids is 1. The topological polar surface area (TPSA) is 101 Å². The molecule has 0 aromatic carbocycles. The molecule has 0 fully saturated rings. The van der Waals surface area contributed by atoms with E-state index in [1.165, 1.54) is 0 Å². The molecule has 2 N–H and O–H groups in total. The van der Waals surface area contributed by atoms with E-state index in [0.29, 0.717) is 25.2 Å². The number of ether oxygens (including phenoxy) is 1. The van der Waals surface area contributed by atoms with Crippen LogP contribution in [0.4, 0.5) is 0 Å². The zero-order chi connectivity index (χ0) is 19.3. The first-order valence-corrected chi connectivity index (χ1v) is 8.71. The molecule has 0 radical (unpaired) electrons. The lowest BCUT2D eigenvalue weighted by atomic mass is 9.87. The first-order valence-electron chi connectivity index (χ1n) is 8.71. The molecule has 7 heteroatoms. The number of aryl methyl sites for hydroxylation is 1. The number of aromatic nitrogens is 4. The SMILES string of the molecule is CC(C)(CCc1cccc(COc2ccc(-c3ccn[nH]3)nc2)n1)C(=O)O. The van der Waals surface area contributed by atoms with Crippen molar-refractivity contribution in [2.45, 2.75) is 33.3 Å². The van der Waals surface area contributed by atoms with Gasteiger partial charge in [-0.05, 0) is 57.0 Å². The van der Waals surface area contributed by atoms with Gasteiger partial charge in [-0.15, -0.1) is 0 Å². The molecule has 140 valence electrons. The van der Waals surface area contributed by atoms with E-state index in [0.717, 1.165) is 22.8 Å². The molecule has 0 spiro atoms. The van der Waals surface area contributed by atoms with Crippen molar-refractivity contribution < 1.29 is 14.6 Å². The maximum atomic E-state index is 11.2. The molecular weight excluding hydrogens is 344 g/mol. The summed E-state index contributed by atoms with van der Waals surface area (Å²) in [7, 11) is 0. The lowest BCUT2D eigenvalue weighted by Gasteiger charge is -2.18. The maximum Gasteiger partial charge on any atom is 0.309 e. The number of H-pyrrole nitrogens is 1. The van der Waals surface area contributed by atoms with Crippen molar-refractivity contribution in [1.29, 1.82) is 0 Å². The number of nitrogens with zero attached hydrogens (tertiary/aromatic N) is 3. The van der Waals surface area contributed by atoms with E-state index in [9.17, 15) is 9.90 Å². The number of nitrogens with one attached hydrogen (secondary N) is 1. The molecule has 3 heterocycles. The van der Waals surface area contributed by atoms with E-state index in [1.807, 2.05) is 36.4 Å². The summed E-state index contributed by atoms with van der Waals surface area (Å²) in [5, 5.41) is 16.0. The van der Waals surface area contributed by atoms with Crippen LogP contribution in [-0.4, -0.2) is 31.2 Å². The first kappa shape index (κ1) is 18.6. The second kappa shape index (κ2) is 7.99. The molecule has 0 saturated heterocycles. The first-order chi connectivity index (χ1) is 12.9. The van der Waals surface area contributed by atoms with Crippen molar-refractivity contribution in [3.05, 3.63) is 60.2 Å². The minimum atomic E-state index is -0.798. The largest absolute Gasteiger partial charge is 0.486 e. The second-order valence-corrected chi connectivity index (χ2v) is 6.95. The molecule has 0 aliphatic carbocycles. The van der Waals surface area contributed by atoms with Gasteiger partial charge in [0.25, 0.3) is 0 Å². The van der Waals surface area contributed by atoms with Crippen LogP contribution in [-0.2, 0) is 17.8 Å². The van der Waals surface area contributed by atoms with Crippen LogP contribution in [0.1, 0.15) is 31.7 Å². The summed E-state index contributed by atoms with van der Waals surface area (Å²) >= 11 is 0. The smallest absolute Gasteiger partial charge is 0.309 e. The molecule has 0 amide bonds. The van der Waals surface area contributed by atoms with E-state index in [2.05, 4.69) is 20.2 Å². The van der Waals surface area contributed by atoms with Gasteiger partial charge in [-0.2, -0.15) is 5.10 Å². The summed E-state index contributed by atoms with van der Waals surface area (Å²) in [6.45, 7) is 3.77. The molecule has 0 aliphatic heterocycles. The minimum Gasteiger partial charge on any atom is -0.486 e. The predicted octanol–water partition coefficient (Wildman–Crippen LogP) is 3.49.